The Kier molecular flexibility index (Phi) is 12.4. The highest BCUT2D eigenvalue weighted by Gasteiger charge is 2.28. The molecular formula is C18H36IN5O3. The fourth-order valence-electron chi connectivity index (χ4n) is 2.19. The second-order valence-corrected chi connectivity index (χ2v) is 7.31. The van der Waals surface area contributed by atoms with Crippen LogP contribution in [0.1, 0.15) is 47.5 Å². The van der Waals surface area contributed by atoms with Crippen LogP contribution in [0, 0.1) is 5.92 Å². The van der Waals surface area contributed by atoms with Gasteiger partial charge in [0, 0.05) is 38.6 Å². The molecule has 9 heteroatoms. The molecule has 0 aliphatic heterocycles. The van der Waals surface area contributed by atoms with Crippen LogP contribution in [0.3, 0.4) is 0 Å². The van der Waals surface area contributed by atoms with Gasteiger partial charge in [0.15, 0.2) is 5.96 Å². The molecule has 158 valence electrons. The Balaban J connectivity index is 0.00000676. The Morgan fingerprint density at radius 2 is 1.78 bits per heavy atom. The van der Waals surface area contributed by atoms with Crippen molar-refractivity contribution in [2.24, 2.45) is 10.9 Å². The molecule has 0 aromatic carbocycles. The molecule has 0 radical (unpaired) electrons. The van der Waals surface area contributed by atoms with Crippen molar-refractivity contribution in [3.8, 4) is 0 Å². The van der Waals surface area contributed by atoms with Crippen molar-refractivity contribution in [2.45, 2.75) is 53.1 Å². The van der Waals surface area contributed by atoms with E-state index in [1.165, 1.54) is 0 Å². The van der Waals surface area contributed by atoms with Gasteiger partial charge in [-0.05, 0) is 47.5 Å². The number of hydrogen-bond donors (Lipinski definition) is 3. The summed E-state index contributed by atoms with van der Waals surface area (Å²) in [6.07, 6.45) is 1.70. The number of aliphatic imine (C=N–C) groups is 1. The number of amides is 2. The van der Waals surface area contributed by atoms with Gasteiger partial charge in [-0.25, -0.2) is 4.79 Å². The van der Waals surface area contributed by atoms with Gasteiger partial charge in [-0.1, -0.05) is 0 Å². The second-order valence-electron chi connectivity index (χ2n) is 7.31. The summed E-state index contributed by atoms with van der Waals surface area (Å²) in [7, 11) is 0. The van der Waals surface area contributed by atoms with Gasteiger partial charge in [0.25, 0.3) is 0 Å². The van der Waals surface area contributed by atoms with Gasteiger partial charge in [0.2, 0.25) is 5.91 Å². The van der Waals surface area contributed by atoms with E-state index >= 15 is 0 Å². The van der Waals surface area contributed by atoms with Gasteiger partial charge in [0.05, 0.1) is 6.54 Å². The quantitative estimate of drug-likeness (QED) is 0.196. The van der Waals surface area contributed by atoms with E-state index < -0.39 is 5.60 Å². The fourth-order valence-corrected chi connectivity index (χ4v) is 2.19. The largest absolute Gasteiger partial charge is 0.444 e. The van der Waals surface area contributed by atoms with E-state index in [1.54, 1.807) is 4.90 Å². The number of halogens is 1. The van der Waals surface area contributed by atoms with E-state index in [-0.39, 0.29) is 41.9 Å². The first-order valence-electron chi connectivity index (χ1n) is 9.54. The molecule has 0 spiro atoms. The molecule has 1 rings (SSSR count). The molecule has 27 heavy (non-hydrogen) atoms. The monoisotopic (exact) mass is 497 g/mol. The van der Waals surface area contributed by atoms with Crippen molar-refractivity contribution in [1.82, 2.24) is 20.9 Å². The molecule has 1 saturated carbocycles. The van der Waals surface area contributed by atoms with Gasteiger partial charge in [-0.15, -0.1) is 24.0 Å². The lowest BCUT2D eigenvalue weighted by Gasteiger charge is -2.26. The molecule has 0 bridgehead atoms. The lowest BCUT2D eigenvalue weighted by atomic mass is 10.2. The number of nitrogens with zero attached hydrogens (tertiary/aromatic N) is 2. The third-order valence-corrected chi connectivity index (χ3v) is 3.68. The normalized spacial score (nSPS) is 14.0. The highest BCUT2D eigenvalue weighted by Crippen LogP contribution is 2.28. The van der Waals surface area contributed by atoms with Crippen molar-refractivity contribution in [3.63, 3.8) is 0 Å². The molecule has 3 N–H and O–H groups in total. The molecule has 0 saturated heterocycles. The maximum Gasteiger partial charge on any atom is 0.410 e. The zero-order valence-corrected chi connectivity index (χ0v) is 19.6. The Hall–Kier alpha value is -1.26. The van der Waals surface area contributed by atoms with E-state index in [2.05, 4.69) is 20.9 Å². The summed E-state index contributed by atoms with van der Waals surface area (Å²) in [5.41, 5.74) is -0.501. The summed E-state index contributed by atoms with van der Waals surface area (Å²) in [6, 6.07) is 0. The van der Waals surface area contributed by atoms with Gasteiger partial charge < -0.3 is 25.6 Å². The number of hydrogen-bond acceptors (Lipinski definition) is 4. The predicted octanol–water partition coefficient (Wildman–Crippen LogP) is 1.94. The number of nitrogens with one attached hydrogen (secondary N) is 3. The van der Waals surface area contributed by atoms with Gasteiger partial charge in [0.1, 0.15) is 5.60 Å². The Labute approximate surface area is 180 Å². The summed E-state index contributed by atoms with van der Waals surface area (Å²) in [5, 5.41) is 9.25. The molecule has 2 amide bonds. The minimum atomic E-state index is -0.501. The lowest BCUT2D eigenvalue weighted by Crippen LogP contribution is -2.44. The van der Waals surface area contributed by atoms with Crippen LogP contribution in [0.2, 0.25) is 0 Å². The molecule has 0 aromatic rings. The highest BCUT2D eigenvalue weighted by molar-refractivity contribution is 14.0. The van der Waals surface area contributed by atoms with Crippen molar-refractivity contribution in [3.05, 3.63) is 0 Å². The van der Waals surface area contributed by atoms with Crippen molar-refractivity contribution in [1.29, 1.82) is 0 Å². The highest BCUT2D eigenvalue weighted by atomic mass is 127. The predicted molar refractivity (Wildman–Crippen MR) is 119 cm³/mol. The Morgan fingerprint density at radius 3 is 2.30 bits per heavy atom. The van der Waals surface area contributed by atoms with Gasteiger partial charge in [-0.2, -0.15) is 0 Å². The minimum Gasteiger partial charge on any atom is -0.444 e. The molecule has 1 fully saturated rings. The van der Waals surface area contributed by atoms with Crippen LogP contribution < -0.4 is 16.0 Å². The summed E-state index contributed by atoms with van der Waals surface area (Å²) in [4.78, 5) is 29.8. The SMILES string of the molecule is CCNC(=NCCNC(=O)C1CC1)NCCN(CC)C(=O)OC(C)(C)C.I. The molecule has 1 aliphatic rings. The molecule has 1 aliphatic carbocycles. The second kappa shape index (κ2) is 13.0. The van der Waals surface area contributed by atoms with E-state index in [0.29, 0.717) is 38.7 Å². The van der Waals surface area contributed by atoms with E-state index in [4.69, 9.17) is 4.74 Å². The first-order valence-corrected chi connectivity index (χ1v) is 9.54. The molecule has 0 atom stereocenters. The van der Waals surface area contributed by atoms with Gasteiger partial charge >= 0.3 is 6.09 Å². The zero-order valence-electron chi connectivity index (χ0n) is 17.3. The van der Waals surface area contributed by atoms with Gasteiger partial charge in [-0.3, -0.25) is 9.79 Å². The summed E-state index contributed by atoms with van der Waals surface area (Å²) < 4.78 is 5.40. The van der Waals surface area contributed by atoms with E-state index in [0.717, 1.165) is 19.4 Å². The zero-order chi connectivity index (χ0) is 19.6. The van der Waals surface area contributed by atoms with Crippen LogP contribution in [0.5, 0.6) is 0 Å². The van der Waals surface area contributed by atoms with E-state index in [9.17, 15) is 9.59 Å². The van der Waals surface area contributed by atoms with Crippen LogP contribution in [0.15, 0.2) is 4.99 Å². The van der Waals surface area contributed by atoms with Crippen LogP contribution in [0.4, 0.5) is 4.79 Å². The van der Waals surface area contributed by atoms with E-state index in [1.807, 2.05) is 34.6 Å². The number of carbonyl (C=O) groups is 2. The topological polar surface area (TPSA) is 95.1 Å². The number of likely N-dealkylation sites (N-methyl/N-ethyl adjacent to an activating group) is 1. The smallest absolute Gasteiger partial charge is 0.410 e. The number of ether oxygens (including phenoxy) is 1. The molecule has 8 nitrogen and oxygen atoms in total. The van der Waals surface area contributed by atoms with Crippen LogP contribution in [0.25, 0.3) is 0 Å². The Bertz CT molecular complexity index is 490. The summed E-state index contributed by atoms with van der Waals surface area (Å²) in [5.74, 6) is 1.03. The van der Waals surface area contributed by atoms with Crippen LogP contribution in [-0.4, -0.2) is 67.7 Å². The third kappa shape index (κ3) is 11.9. The first kappa shape index (κ1) is 25.7. The maximum absolute atomic E-state index is 12.1. The minimum absolute atomic E-state index is 0. The lowest BCUT2D eigenvalue weighted by molar-refractivity contribution is -0.122. The van der Waals surface area contributed by atoms with Crippen molar-refractivity contribution in [2.75, 3.05) is 39.3 Å². The number of guanidine groups is 1. The average Bonchev–Trinajstić information content (AvgIpc) is 3.38. The number of rotatable bonds is 9. The summed E-state index contributed by atoms with van der Waals surface area (Å²) in [6.45, 7) is 12.9. The molecule has 0 heterocycles. The van der Waals surface area contributed by atoms with Crippen LogP contribution >= 0.6 is 24.0 Å². The number of carbonyl (C=O) groups excluding carboxylic acids is 2. The third-order valence-electron chi connectivity index (χ3n) is 3.68. The standard InChI is InChI=1S/C18H35N5O3.HI/c1-6-19-16(21-11-10-20-15(24)14-8-9-14)22-12-13-23(7-2)17(25)26-18(3,4)5;/h14H,6-13H2,1-5H3,(H,20,24)(H2,19,21,22);1H. The molecule has 0 aromatic heterocycles. The first-order chi connectivity index (χ1) is 12.3. The van der Waals surface area contributed by atoms with Crippen LogP contribution in [-0.2, 0) is 9.53 Å². The molecular weight excluding hydrogens is 461 g/mol. The maximum atomic E-state index is 12.1. The van der Waals surface area contributed by atoms with Crippen molar-refractivity contribution < 1.29 is 14.3 Å². The Morgan fingerprint density at radius 1 is 1.11 bits per heavy atom. The average molecular weight is 497 g/mol. The van der Waals surface area contributed by atoms with Crippen molar-refractivity contribution >= 4 is 41.9 Å². The summed E-state index contributed by atoms with van der Waals surface area (Å²) >= 11 is 0. The fraction of sp³-hybridized carbons (Fsp3) is 0.833. The molecule has 0 unspecified atom stereocenters.